The van der Waals surface area contributed by atoms with Crippen LogP contribution in [0.25, 0.3) is 0 Å². The second-order valence-electron chi connectivity index (χ2n) is 6.96. The first-order valence-electron chi connectivity index (χ1n) is 9.30. The SMILES string of the molecule is Cc1cccc(NC(=O)C(Cc2ccccc2)C(=O)Nc2cccc(C)c2)c1. The van der Waals surface area contributed by atoms with Crippen molar-refractivity contribution in [2.75, 3.05) is 10.6 Å². The van der Waals surface area contributed by atoms with Crippen LogP contribution < -0.4 is 10.6 Å². The maximum Gasteiger partial charge on any atom is 0.237 e. The first-order chi connectivity index (χ1) is 13.5. The Balaban J connectivity index is 1.81. The van der Waals surface area contributed by atoms with Gasteiger partial charge in [0.1, 0.15) is 5.92 Å². The molecular formula is C24H24N2O2. The van der Waals surface area contributed by atoms with Crippen molar-refractivity contribution in [2.24, 2.45) is 5.92 Å². The smallest absolute Gasteiger partial charge is 0.237 e. The third-order valence-electron chi connectivity index (χ3n) is 4.49. The molecule has 0 aromatic heterocycles. The molecule has 3 rings (SSSR count). The van der Waals surface area contributed by atoms with Gasteiger partial charge < -0.3 is 10.6 Å². The normalized spacial score (nSPS) is 10.5. The zero-order valence-electron chi connectivity index (χ0n) is 16.1. The second-order valence-corrected chi connectivity index (χ2v) is 6.96. The van der Waals surface area contributed by atoms with E-state index in [0.717, 1.165) is 16.7 Å². The monoisotopic (exact) mass is 372 g/mol. The predicted molar refractivity (Wildman–Crippen MR) is 113 cm³/mol. The predicted octanol–water partition coefficient (Wildman–Crippen LogP) is 4.74. The molecule has 0 fully saturated rings. The molecule has 0 spiro atoms. The van der Waals surface area contributed by atoms with E-state index in [1.165, 1.54) is 0 Å². The molecule has 3 aromatic rings. The van der Waals surface area contributed by atoms with Crippen LogP contribution in [0.15, 0.2) is 78.9 Å². The summed E-state index contributed by atoms with van der Waals surface area (Å²) < 4.78 is 0. The van der Waals surface area contributed by atoms with E-state index < -0.39 is 5.92 Å². The van der Waals surface area contributed by atoms with Crippen LogP contribution in [-0.2, 0) is 16.0 Å². The number of anilines is 2. The topological polar surface area (TPSA) is 58.2 Å². The lowest BCUT2D eigenvalue weighted by atomic mass is 9.97. The van der Waals surface area contributed by atoms with Gasteiger partial charge >= 0.3 is 0 Å². The minimum Gasteiger partial charge on any atom is -0.325 e. The van der Waals surface area contributed by atoms with Crippen LogP contribution >= 0.6 is 0 Å². The highest BCUT2D eigenvalue weighted by Crippen LogP contribution is 2.17. The van der Waals surface area contributed by atoms with Crippen molar-refractivity contribution in [1.29, 1.82) is 0 Å². The van der Waals surface area contributed by atoms with Crippen LogP contribution in [0, 0.1) is 19.8 Å². The Bertz CT molecular complexity index is 908. The minimum absolute atomic E-state index is 0.320. The van der Waals surface area contributed by atoms with Crippen LogP contribution in [0.4, 0.5) is 11.4 Å². The Morgan fingerprint density at radius 2 is 1.21 bits per heavy atom. The molecule has 0 aliphatic carbocycles. The molecule has 4 nitrogen and oxygen atoms in total. The fraction of sp³-hybridized carbons (Fsp3) is 0.167. The van der Waals surface area contributed by atoms with E-state index >= 15 is 0 Å². The molecule has 0 atom stereocenters. The van der Waals surface area contributed by atoms with Crippen LogP contribution in [0.1, 0.15) is 16.7 Å². The Morgan fingerprint density at radius 3 is 1.68 bits per heavy atom. The first-order valence-corrected chi connectivity index (χ1v) is 9.30. The number of nitrogens with one attached hydrogen (secondary N) is 2. The fourth-order valence-corrected chi connectivity index (χ4v) is 3.06. The van der Waals surface area contributed by atoms with E-state index in [-0.39, 0.29) is 11.8 Å². The third kappa shape index (κ3) is 5.30. The number of amides is 2. The molecule has 2 N–H and O–H groups in total. The number of hydrogen-bond acceptors (Lipinski definition) is 2. The zero-order valence-corrected chi connectivity index (χ0v) is 16.1. The molecule has 0 aliphatic rings. The maximum absolute atomic E-state index is 13.0. The van der Waals surface area contributed by atoms with Gasteiger partial charge in [-0.15, -0.1) is 0 Å². The van der Waals surface area contributed by atoms with Gasteiger partial charge in [-0.1, -0.05) is 54.6 Å². The van der Waals surface area contributed by atoms with Gasteiger partial charge in [-0.05, 0) is 61.2 Å². The summed E-state index contributed by atoms with van der Waals surface area (Å²) >= 11 is 0. The molecule has 2 amide bonds. The number of rotatable bonds is 6. The van der Waals surface area contributed by atoms with Crippen molar-refractivity contribution in [3.05, 3.63) is 95.6 Å². The summed E-state index contributed by atoms with van der Waals surface area (Å²) in [6.45, 7) is 3.92. The standard InChI is InChI=1S/C24H24N2O2/c1-17-8-6-12-20(14-17)25-23(27)22(16-19-10-4-3-5-11-19)24(28)26-21-13-7-9-18(2)15-21/h3-15,22H,16H2,1-2H3,(H,25,27)(H,26,28). The molecule has 142 valence electrons. The number of benzene rings is 3. The molecule has 0 heterocycles. The highest BCUT2D eigenvalue weighted by atomic mass is 16.2. The van der Waals surface area contributed by atoms with Gasteiger partial charge in [0, 0.05) is 11.4 Å². The maximum atomic E-state index is 13.0. The van der Waals surface area contributed by atoms with Crippen LogP contribution in [0.2, 0.25) is 0 Å². The lowest BCUT2D eigenvalue weighted by molar-refractivity contribution is -0.129. The lowest BCUT2D eigenvalue weighted by Crippen LogP contribution is -2.35. The summed E-state index contributed by atoms with van der Waals surface area (Å²) in [5.41, 5.74) is 4.40. The number of aryl methyl sites for hydroxylation is 2. The summed E-state index contributed by atoms with van der Waals surface area (Å²) in [4.78, 5) is 25.9. The van der Waals surface area contributed by atoms with Crippen molar-refractivity contribution in [3.63, 3.8) is 0 Å². The van der Waals surface area contributed by atoms with E-state index in [4.69, 9.17) is 0 Å². The van der Waals surface area contributed by atoms with Crippen molar-refractivity contribution in [3.8, 4) is 0 Å². The van der Waals surface area contributed by atoms with Crippen molar-refractivity contribution >= 4 is 23.2 Å². The largest absolute Gasteiger partial charge is 0.325 e. The first kappa shape index (κ1) is 19.4. The number of carbonyl (C=O) groups excluding carboxylic acids is 2. The van der Waals surface area contributed by atoms with E-state index in [1.807, 2.05) is 92.7 Å². The summed E-state index contributed by atoms with van der Waals surface area (Å²) in [7, 11) is 0. The summed E-state index contributed by atoms with van der Waals surface area (Å²) in [5, 5.41) is 5.76. The van der Waals surface area contributed by atoms with Crippen LogP contribution in [0.5, 0.6) is 0 Å². The molecule has 0 radical (unpaired) electrons. The van der Waals surface area contributed by atoms with Gasteiger partial charge in [0.25, 0.3) is 0 Å². The molecule has 3 aromatic carbocycles. The van der Waals surface area contributed by atoms with Gasteiger partial charge in [-0.3, -0.25) is 9.59 Å². The molecule has 0 aliphatic heterocycles. The van der Waals surface area contributed by atoms with Crippen molar-refractivity contribution < 1.29 is 9.59 Å². The minimum atomic E-state index is -0.844. The molecule has 28 heavy (non-hydrogen) atoms. The lowest BCUT2D eigenvalue weighted by Gasteiger charge is -2.17. The van der Waals surface area contributed by atoms with E-state index in [2.05, 4.69) is 10.6 Å². The molecule has 4 heteroatoms. The fourth-order valence-electron chi connectivity index (χ4n) is 3.06. The van der Waals surface area contributed by atoms with Crippen LogP contribution in [-0.4, -0.2) is 11.8 Å². The quantitative estimate of drug-likeness (QED) is 0.614. The number of carbonyl (C=O) groups is 2. The van der Waals surface area contributed by atoms with Gasteiger partial charge in [-0.25, -0.2) is 0 Å². The molecule has 0 bridgehead atoms. The molecular weight excluding hydrogens is 348 g/mol. The van der Waals surface area contributed by atoms with Gasteiger partial charge in [0.2, 0.25) is 11.8 Å². The average molecular weight is 372 g/mol. The zero-order chi connectivity index (χ0) is 19.9. The van der Waals surface area contributed by atoms with Gasteiger partial charge in [-0.2, -0.15) is 0 Å². The highest BCUT2D eigenvalue weighted by molar-refractivity contribution is 6.11. The van der Waals surface area contributed by atoms with Gasteiger partial charge in [0.15, 0.2) is 0 Å². The summed E-state index contributed by atoms with van der Waals surface area (Å²) in [6.07, 6.45) is 0.330. The van der Waals surface area contributed by atoms with E-state index in [9.17, 15) is 9.59 Å². The Kier molecular flexibility index (Phi) is 6.22. The van der Waals surface area contributed by atoms with Crippen molar-refractivity contribution in [1.82, 2.24) is 0 Å². The molecule has 0 unspecified atom stereocenters. The van der Waals surface area contributed by atoms with Gasteiger partial charge in [0.05, 0.1) is 0 Å². The number of hydrogen-bond donors (Lipinski definition) is 2. The average Bonchev–Trinajstić information content (AvgIpc) is 2.67. The summed E-state index contributed by atoms with van der Waals surface area (Å²) in [5.74, 6) is -1.48. The third-order valence-corrected chi connectivity index (χ3v) is 4.49. The van der Waals surface area contributed by atoms with E-state index in [1.54, 1.807) is 0 Å². The Hall–Kier alpha value is -3.40. The molecule has 0 saturated heterocycles. The Labute approximate surface area is 165 Å². The summed E-state index contributed by atoms with van der Waals surface area (Å²) in [6, 6.07) is 24.7. The second kappa shape index (κ2) is 9.00. The Morgan fingerprint density at radius 1 is 0.714 bits per heavy atom. The van der Waals surface area contributed by atoms with Crippen LogP contribution in [0.3, 0.4) is 0 Å². The van der Waals surface area contributed by atoms with E-state index in [0.29, 0.717) is 17.8 Å². The highest BCUT2D eigenvalue weighted by Gasteiger charge is 2.27. The molecule has 0 saturated carbocycles. The van der Waals surface area contributed by atoms with Crippen molar-refractivity contribution in [2.45, 2.75) is 20.3 Å².